The molecule has 2 unspecified atom stereocenters. The predicted molar refractivity (Wildman–Crippen MR) is 166 cm³/mol. The average molecular weight is 586 g/mol. The summed E-state index contributed by atoms with van der Waals surface area (Å²) in [7, 11) is 0. The number of piperazine rings is 1. The Bertz CT molecular complexity index is 1500. The van der Waals surface area contributed by atoms with Gasteiger partial charge in [-0.1, -0.05) is 36.4 Å². The molecule has 0 spiro atoms. The molecule has 10 heteroatoms. The number of carbonyl (C=O) groups is 3. The number of esters is 1. The maximum Gasteiger partial charge on any atom is 0.414 e. The fourth-order valence-corrected chi connectivity index (χ4v) is 5.47. The van der Waals surface area contributed by atoms with Gasteiger partial charge < -0.3 is 14.8 Å². The lowest BCUT2D eigenvalue weighted by molar-refractivity contribution is -0.161. The van der Waals surface area contributed by atoms with E-state index in [1.807, 2.05) is 64.1 Å². The number of nitrogens with one attached hydrogen (secondary N) is 2. The van der Waals surface area contributed by atoms with Gasteiger partial charge in [-0.2, -0.15) is 0 Å². The van der Waals surface area contributed by atoms with Crippen LogP contribution in [0.5, 0.6) is 0 Å². The molecular formula is C33H39N5O5. The first-order valence-corrected chi connectivity index (χ1v) is 14.6. The highest BCUT2D eigenvalue weighted by Gasteiger charge is 2.35. The van der Waals surface area contributed by atoms with Crippen molar-refractivity contribution in [3.63, 3.8) is 0 Å². The topological polar surface area (TPSA) is 115 Å². The van der Waals surface area contributed by atoms with Gasteiger partial charge in [-0.15, -0.1) is 0 Å². The molecule has 0 aromatic heterocycles. The first-order valence-electron chi connectivity index (χ1n) is 14.6. The third-order valence-electron chi connectivity index (χ3n) is 7.78. The zero-order valence-corrected chi connectivity index (χ0v) is 25.1. The van der Waals surface area contributed by atoms with Crippen LogP contribution < -0.4 is 10.2 Å². The molecule has 5 rings (SSSR count). The van der Waals surface area contributed by atoms with Crippen LogP contribution in [-0.2, 0) is 14.3 Å². The molecule has 3 aromatic rings. The highest BCUT2D eigenvalue weighted by atomic mass is 16.6. The van der Waals surface area contributed by atoms with Crippen LogP contribution in [0.15, 0.2) is 66.7 Å². The molecule has 3 aromatic carbocycles. The average Bonchev–Trinajstić information content (AvgIpc) is 3.35. The monoisotopic (exact) mass is 585 g/mol. The molecule has 10 nitrogen and oxygen atoms in total. The van der Waals surface area contributed by atoms with E-state index < -0.39 is 11.7 Å². The van der Waals surface area contributed by atoms with Crippen LogP contribution in [0.2, 0.25) is 0 Å². The van der Waals surface area contributed by atoms with Crippen LogP contribution in [0.1, 0.15) is 43.6 Å². The second-order valence-electron chi connectivity index (χ2n) is 12.1. The molecule has 0 bridgehead atoms. The second kappa shape index (κ2) is 12.5. The maximum atomic E-state index is 12.9. The van der Waals surface area contributed by atoms with E-state index in [0.717, 1.165) is 37.0 Å². The lowest BCUT2D eigenvalue weighted by atomic mass is 10.0. The first kappa shape index (κ1) is 30.2. The van der Waals surface area contributed by atoms with Crippen molar-refractivity contribution in [1.82, 2.24) is 15.1 Å². The number of anilines is 1. The Kier molecular flexibility index (Phi) is 8.79. The molecule has 2 fully saturated rings. The normalized spacial score (nSPS) is 18.7. The molecule has 2 heterocycles. The number of amidine groups is 1. The summed E-state index contributed by atoms with van der Waals surface area (Å²) in [4.78, 5) is 44.1. The highest BCUT2D eigenvalue weighted by Crippen LogP contribution is 2.24. The number of nitrogens with zero attached hydrogens (tertiary/aromatic N) is 3. The van der Waals surface area contributed by atoms with Crippen LogP contribution in [0.3, 0.4) is 0 Å². The van der Waals surface area contributed by atoms with Gasteiger partial charge in [0, 0.05) is 49.5 Å². The molecule has 43 heavy (non-hydrogen) atoms. The molecule has 2 atom stereocenters. The molecular weight excluding hydrogens is 546 g/mol. The second-order valence-corrected chi connectivity index (χ2v) is 12.1. The van der Waals surface area contributed by atoms with E-state index in [0.29, 0.717) is 29.9 Å². The molecule has 2 saturated heterocycles. The van der Waals surface area contributed by atoms with Crippen molar-refractivity contribution in [3.8, 4) is 0 Å². The van der Waals surface area contributed by atoms with Crippen molar-refractivity contribution < 1.29 is 23.9 Å². The van der Waals surface area contributed by atoms with E-state index in [1.165, 1.54) is 0 Å². The molecule has 2 aliphatic rings. The molecule has 0 saturated carbocycles. The molecule has 0 aliphatic carbocycles. The number of ether oxygens (including phenoxy) is 2. The van der Waals surface area contributed by atoms with Crippen LogP contribution in [-0.4, -0.2) is 90.6 Å². The minimum atomic E-state index is -0.512. The molecule has 226 valence electrons. The zero-order chi connectivity index (χ0) is 30.7. The smallest absolute Gasteiger partial charge is 0.414 e. The minimum Gasteiger partial charge on any atom is -0.459 e. The van der Waals surface area contributed by atoms with Crippen LogP contribution in [0.4, 0.5) is 10.5 Å². The van der Waals surface area contributed by atoms with E-state index in [-0.39, 0.29) is 29.9 Å². The Morgan fingerprint density at radius 3 is 2.37 bits per heavy atom. The quantitative estimate of drug-likeness (QED) is 0.242. The fourth-order valence-electron chi connectivity index (χ4n) is 5.47. The van der Waals surface area contributed by atoms with Gasteiger partial charge in [-0.3, -0.25) is 29.7 Å². The Morgan fingerprint density at radius 1 is 1.00 bits per heavy atom. The lowest BCUT2D eigenvalue weighted by Gasteiger charge is -2.38. The summed E-state index contributed by atoms with van der Waals surface area (Å²) in [6.07, 6.45) is -0.686. The fraction of sp³-hybridized carbons (Fsp3) is 0.394. The summed E-state index contributed by atoms with van der Waals surface area (Å²) in [6, 6.07) is 19.8. The summed E-state index contributed by atoms with van der Waals surface area (Å²) >= 11 is 0. The van der Waals surface area contributed by atoms with E-state index in [4.69, 9.17) is 14.9 Å². The van der Waals surface area contributed by atoms with Crippen molar-refractivity contribution in [3.05, 3.63) is 77.9 Å². The number of carbonyl (C=O) groups excluding carboxylic acids is 3. The Morgan fingerprint density at radius 2 is 1.67 bits per heavy atom. The predicted octanol–water partition coefficient (Wildman–Crippen LogP) is 4.27. The first-order chi connectivity index (χ1) is 20.5. The number of hydrogen-bond acceptors (Lipinski definition) is 8. The number of fused-ring (bicyclic) bond motifs is 1. The number of amides is 2. The summed E-state index contributed by atoms with van der Waals surface area (Å²) in [5, 5.41) is 12.9. The SMILES string of the molecule is CC(C(=O)OC(C)(C)C)N1CCN(CC2CN(c3ccc(C(=N)NC(=O)c4cccc5ccccc45)cc3)C(=O)O2)CC1. The Labute approximate surface area is 252 Å². The number of rotatable bonds is 7. The molecule has 2 aliphatic heterocycles. The highest BCUT2D eigenvalue weighted by molar-refractivity contribution is 6.16. The molecule has 2 amide bonds. The van der Waals surface area contributed by atoms with Crippen molar-refractivity contribution in [2.45, 2.75) is 45.4 Å². The lowest BCUT2D eigenvalue weighted by Crippen LogP contribution is -2.54. The summed E-state index contributed by atoms with van der Waals surface area (Å²) in [5.41, 5.74) is 1.19. The number of hydrogen-bond donors (Lipinski definition) is 2. The van der Waals surface area contributed by atoms with Crippen molar-refractivity contribution in [1.29, 1.82) is 5.41 Å². The van der Waals surface area contributed by atoms with Crippen LogP contribution >= 0.6 is 0 Å². The van der Waals surface area contributed by atoms with Gasteiger partial charge in [-0.25, -0.2) is 4.79 Å². The number of benzene rings is 3. The van der Waals surface area contributed by atoms with Crippen molar-refractivity contribution in [2.24, 2.45) is 0 Å². The Balaban J connectivity index is 1.12. The van der Waals surface area contributed by atoms with Gasteiger partial charge >= 0.3 is 12.1 Å². The standard InChI is InChI=1S/C33H39N5O5/c1-22(31(40)43-33(2,3)4)37-18-16-36(17-19-37)20-26-21-38(32(41)42-26)25-14-12-24(13-15-25)29(34)35-30(39)28-11-7-9-23-8-5-6-10-27(23)28/h5-15,22,26H,16-21H2,1-4H3,(H2,34,35,39). The van der Waals surface area contributed by atoms with Gasteiger partial charge in [0.15, 0.2) is 0 Å². The third-order valence-corrected chi connectivity index (χ3v) is 7.78. The van der Waals surface area contributed by atoms with Gasteiger partial charge in [-0.05, 0) is 68.8 Å². The van der Waals surface area contributed by atoms with Gasteiger partial charge in [0.25, 0.3) is 5.91 Å². The molecule has 2 N–H and O–H groups in total. The van der Waals surface area contributed by atoms with Crippen molar-refractivity contribution in [2.75, 3.05) is 44.2 Å². The van der Waals surface area contributed by atoms with E-state index in [9.17, 15) is 14.4 Å². The van der Waals surface area contributed by atoms with Gasteiger partial charge in [0.1, 0.15) is 23.6 Å². The molecule has 0 radical (unpaired) electrons. The Hall–Kier alpha value is -4.28. The van der Waals surface area contributed by atoms with Gasteiger partial charge in [0.2, 0.25) is 0 Å². The van der Waals surface area contributed by atoms with E-state index in [2.05, 4.69) is 15.1 Å². The maximum absolute atomic E-state index is 12.9. The van der Waals surface area contributed by atoms with Crippen LogP contribution in [0.25, 0.3) is 10.8 Å². The third kappa shape index (κ3) is 7.21. The summed E-state index contributed by atoms with van der Waals surface area (Å²) in [6.45, 7) is 11.5. The minimum absolute atomic E-state index is 0.0218. The van der Waals surface area contributed by atoms with E-state index >= 15 is 0 Å². The summed E-state index contributed by atoms with van der Waals surface area (Å²) < 4.78 is 11.2. The van der Waals surface area contributed by atoms with Gasteiger partial charge in [0.05, 0.1) is 6.54 Å². The summed E-state index contributed by atoms with van der Waals surface area (Å²) in [5.74, 6) is -0.585. The number of cyclic esters (lactones) is 1. The van der Waals surface area contributed by atoms with Crippen molar-refractivity contribution >= 4 is 40.3 Å². The van der Waals surface area contributed by atoms with E-state index in [1.54, 1.807) is 35.2 Å². The van der Waals surface area contributed by atoms with Crippen LogP contribution in [0, 0.1) is 5.41 Å². The largest absolute Gasteiger partial charge is 0.459 e. The zero-order valence-electron chi connectivity index (χ0n) is 25.1.